The zero-order chi connectivity index (χ0) is 24.5. The number of esters is 1. The van der Waals surface area contributed by atoms with Crippen LogP contribution in [-0.2, 0) is 27.8 Å². The van der Waals surface area contributed by atoms with E-state index < -0.39 is 5.60 Å². The van der Waals surface area contributed by atoms with Crippen LogP contribution in [0.1, 0.15) is 48.9 Å². The lowest BCUT2D eigenvalue weighted by atomic mass is 9.92. The third kappa shape index (κ3) is 5.36. The molecule has 0 saturated heterocycles. The van der Waals surface area contributed by atoms with E-state index >= 15 is 0 Å². The minimum atomic E-state index is -0.619. The van der Waals surface area contributed by atoms with Gasteiger partial charge in [0.15, 0.2) is 0 Å². The van der Waals surface area contributed by atoms with Crippen LogP contribution in [0.3, 0.4) is 0 Å². The molecule has 34 heavy (non-hydrogen) atoms. The first-order chi connectivity index (χ1) is 16.2. The predicted octanol–water partition coefficient (Wildman–Crippen LogP) is 6.08. The second kappa shape index (κ2) is 10.2. The highest BCUT2D eigenvalue weighted by Gasteiger charge is 2.39. The summed E-state index contributed by atoms with van der Waals surface area (Å²) in [6.45, 7) is 6.85. The van der Waals surface area contributed by atoms with E-state index in [1.54, 1.807) is 23.7 Å². The number of rotatable bonds is 4. The van der Waals surface area contributed by atoms with Gasteiger partial charge in [0.05, 0.1) is 10.6 Å². The third-order valence-corrected chi connectivity index (χ3v) is 8.03. The van der Waals surface area contributed by atoms with Crippen molar-refractivity contribution in [3.63, 3.8) is 0 Å². The normalized spacial score (nSPS) is 18.0. The lowest BCUT2D eigenvalue weighted by Crippen LogP contribution is -2.43. The lowest BCUT2D eigenvalue weighted by molar-refractivity contribution is -0.150. The predicted molar refractivity (Wildman–Crippen MR) is 141 cm³/mol. The van der Waals surface area contributed by atoms with Gasteiger partial charge in [0.2, 0.25) is 0 Å². The zero-order valence-electron chi connectivity index (χ0n) is 20.1. The molecule has 0 N–H and O–H groups in total. The molecule has 2 heterocycles. The minimum absolute atomic E-state index is 0.0895. The zero-order valence-corrected chi connectivity index (χ0v) is 22.5. The summed E-state index contributed by atoms with van der Waals surface area (Å²) < 4.78 is 5.80. The number of amides is 2. The molecule has 0 spiro atoms. The van der Waals surface area contributed by atoms with Crippen molar-refractivity contribution >= 4 is 39.7 Å². The van der Waals surface area contributed by atoms with Crippen molar-refractivity contribution in [3.05, 3.63) is 81.4 Å². The number of benzene rings is 2. The highest BCUT2D eigenvalue weighted by Crippen LogP contribution is 2.44. The van der Waals surface area contributed by atoms with Gasteiger partial charge in [-0.3, -0.25) is 4.90 Å². The van der Waals surface area contributed by atoms with Gasteiger partial charge >= 0.3 is 12.0 Å². The van der Waals surface area contributed by atoms with Gasteiger partial charge in [0.1, 0.15) is 5.60 Å². The first kappa shape index (κ1) is 24.9. The lowest BCUT2D eigenvalue weighted by Gasteiger charge is -2.33. The number of nitrogens with zero attached hydrogens (tertiary/aromatic N) is 2. The number of fused-ring (bicyclic) bond motifs is 1. The molecule has 2 aromatic carbocycles. The van der Waals surface area contributed by atoms with Gasteiger partial charge in [-0.1, -0.05) is 64.5 Å². The number of urea groups is 1. The van der Waals surface area contributed by atoms with E-state index in [2.05, 4.69) is 52.3 Å². The van der Waals surface area contributed by atoms with Crippen molar-refractivity contribution in [2.24, 2.45) is 0 Å². The quantitative estimate of drug-likeness (QED) is 0.347. The fraction of sp³-hybridized carbons (Fsp3) is 0.407. The van der Waals surface area contributed by atoms with Crippen molar-refractivity contribution < 1.29 is 14.3 Å². The molecule has 0 bridgehead atoms. The molecule has 2 aliphatic rings. The molecule has 180 valence electrons. The second-order valence-electron chi connectivity index (χ2n) is 9.74. The Morgan fingerprint density at radius 1 is 1.12 bits per heavy atom. The number of halogens is 1. The molecule has 2 aromatic rings. The number of carbonyl (C=O) groups excluding carboxylic acids is 2. The molecule has 2 amide bonds. The van der Waals surface area contributed by atoms with Crippen LogP contribution >= 0.6 is 27.7 Å². The summed E-state index contributed by atoms with van der Waals surface area (Å²) in [5, 5.41) is 1.47. The molecule has 0 saturated carbocycles. The molecule has 1 unspecified atom stereocenters. The van der Waals surface area contributed by atoms with Crippen molar-refractivity contribution in [1.82, 2.24) is 9.80 Å². The molecule has 2 aliphatic heterocycles. The van der Waals surface area contributed by atoms with Gasteiger partial charge in [-0.15, -0.1) is 11.8 Å². The van der Waals surface area contributed by atoms with Crippen LogP contribution in [0.2, 0.25) is 0 Å². The summed E-state index contributed by atoms with van der Waals surface area (Å²) in [7, 11) is 1.77. The van der Waals surface area contributed by atoms with Crippen LogP contribution in [0, 0.1) is 0 Å². The molecule has 7 heteroatoms. The first-order valence-corrected chi connectivity index (χ1v) is 13.6. The Morgan fingerprint density at radius 3 is 2.44 bits per heavy atom. The Hall–Kier alpha value is -2.25. The topological polar surface area (TPSA) is 49.9 Å². The van der Waals surface area contributed by atoms with Crippen molar-refractivity contribution in [2.75, 3.05) is 19.3 Å². The second-order valence-corrected chi connectivity index (χ2v) is 11.3. The maximum Gasteiger partial charge on any atom is 0.337 e. The van der Waals surface area contributed by atoms with E-state index in [-0.39, 0.29) is 17.9 Å². The Balaban J connectivity index is 1.64. The number of hydrogen-bond donors (Lipinski definition) is 0. The van der Waals surface area contributed by atoms with Crippen molar-refractivity contribution in [1.29, 1.82) is 0 Å². The molecular formula is C27H31BrN2O3S. The summed E-state index contributed by atoms with van der Waals surface area (Å²) in [5.74, 6) is 0.208. The highest BCUT2D eigenvalue weighted by molar-refractivity contribution is 9.08. The molecular weight excluding hydrogens is 512 g/mol. The highest BCUT2D eigenvalue weighted by atomic mass is 79.9. The van der Waals surface area contributed by atoms with Crippen LogP contribution < -0.4 is 0 Å². The maximum atomic E-state index is 13.5. The monoisotopic (exact) mass is 542 g/mol. The molecule has 5 nitrogen and oxygen atoms in total. The summed E-state index contributed by atoms with van der Waals surface area (Å²) in [4.78, 5) is 30.4. The van der Waals surface area contributed by atoms with Gasteiger partial charge in [0, 0.05) is 37.1 Å². The maximum absolute atomic E-state index is 13.5. The standard InChI is InChI=1S/C27H31BrN2O3S/c1-27(2,3)33-25(31)23-22(20-11-9-18(15-28)10-12-20)17-34-24(23)29(4)26(32)30-14-13-19-7-5-6-8-21(19)16-30/h5-12,22H,13-17H2,1-4H3. The Morgan fingerprint density at radius 2 is 1.79 bits per heavy atom. The fourth-order valence-electron chi connectivity index (χ4n) is 4.37. The van der Waals surface area contributed by atoms with Crippen LogP contribution in [0.4, 0.5) is 4.79 Å². The first-order valence-electron chi connectivity index (χ1n) is 11.5. The molecule has 4 rings (SSSR count). The van der Waals surface area contributed by atoms with Crippen molar-refractivity contribution in [2.45, 2.75) is 50.6 Å². The van der Waals surface area contributed by atoms with Crippen LogP contribution in [0.5, 0.6) is 0 Å². The van der Waals surface area contributed by atoms with E-state index in [1.807, 2.05) is 37.8 Å². The molecule has 1 atom stereocenters. The Kier molecular flexibility index (Phi) is 7.43. The average molecular weight is 544 g/mol. The summed E-state index contributed by atoms with van der Waals surface area (Å²) in [5.41, 5.74) is 4.66. The van der Waals surface area contributed by atoms with Gasteiger partial charge in [-0.25, -0.2) is 9.59 Å². The van der Waals surface area contributed by atoms with E-state index in [0.717, 1.165) is 17.3 Å². The molecule has 0 aromatic heterocycles. The number of thioether (sulfide) groups is 1. The Bertz CT molecular complexity index is 1110. The van der Waals surface area contributed by atoms with Crippen LogP contribution in [0.25, 0.3) is 0 Å². The van der Waals surface area contributed by atoms with Crippen molar-refractivity contribution in [3.8, 4) is 0 Å². The van der Waals surface area contributed by atoms with Gasteiger partial charge in [-0.05, 0) is 49.4 Å². The summed E-state index contributed by atoms with van der Waals surface area (Å²) >= 11 is 5.04. The van der Waals surface area contributed by atoms with E-state index in [1.165, 1.54) is 16.7 Å². The molecule has 0 radical (unpaired) electrons. The molecule has 0 aliphatic carbocycles. The number of carbonyl (C=O) groups is 2. The summed E-state index contributed by atoms with van der Waals surface area (Å²) in [6, 6.07) is 16.4. The van der Waals surface area contributed by atoms with Crippen LogP contribution in [-0.4, -0.2) is 46.7 Å². The van der Waals surface area contributed by atoms with Gasteiger partial charge < -0.3 is 9.64 Å². The average Bonchev–Trinajstić information content (AvgIpc) is 3.27. The van der Waals surface area contributed by atoms with Gasteiger partial charge in [0.25, 0.3) is 0 Å². The fourth-order valence-corrected chi connectivity index (χ4v) is 6.08. The number of alkyl halides is 1. The minimum Gasteiger partial charge on any atom is -0.457 e. The summed E-state index contributed by atoms with van der Waals surface area (Å²) in [6.07, 6.45) is 0.837. The van der Waals surface area contributed by atoms with E-state index in [9.17, 15) is 9.59 Å². The Labute approximate surface area is 214 Å². The van der Waals surface area contributed by atoms with E-state index in [4.69, 9.17) is 4.74 Å². The SMILES string of the molecule is CN(C(=O)N1CCc2ccccc2C1)C1=C(C(=O)OC(C)(C)C)C(c2ccc(CBr)cc2)CS1. The number of hydrogen-bond acceptors (Lipinski definition) is 4. The molecule has 0 fully saturated rings. The van der Waals surface area contributed by atoms with Crippen LogP contribution in [0.15, 0.2) is 59.1 Å². The largest absolute Gasteiger partial charge is 0.457 e. The third-order valence-electron chi connectivity index (χ3n) is 6.11. The van der Waals surface area contributed by atoms with E-state index in [0.29, 0.717) is 29.4 Å². The van der Waals surface area contributed by atoms with Gasteiger partial charge in [-0.2, -0.15) is 0 Å². The number of ether oxygens (including phenoxy) is 1. The smallest absolute Gasteiger partial charge is 0.337 e.